The lowest BCUT2D eigenvalue weighted by Crippen LogP contribution is -2.27. The van der Waals surface area contributed by atoms with Crippen molar-refractivity contribution in [3.05, 3.63) is 35.2 Å². The fourth-order valence-corrected chi connectivity index (χ4v) is 3.80. The number of carbonyl (C=O) groups excluding carboxylic acids is 1. The van der Waals surface area contributed by atoms with E-state index in [2.05, 4.69) is 34.7 Å². The first-order valence-electron chi connectivity index (χ1n) is 7.74. The fraction of sp³-hybridized carbons (Fsp3) is 0.312. The smallest absolute Gasteiger partial charge is 0.327 e. The Morgan fingerprint density at radius 1 is 1.36 bits per heavy atom. The minimum atomic E-state index is -4.64. The van der Waals surface area contributed by atoms with Crippen molar-refractivity contribution in [3.63, 3.8) is 0 Å². The molecule has 1 aliphatic heterocycles. The molecule has 136 valence electrons. The molecular formula is C16H21N2O5PS. The number of nitrogens with zero attached hydrogens (tertiary/aromatic N) is 1. The topological polar surface area (TPSA) is 110 Å². The zero-order chi connectivity index (χ0) is 18.4. The third-order valence-electron chi connectivity index (χ3n) is 3.90. The summed E-state index contributed by atoms with van der Waals surface area (Å²) in [5.74, 6) is 0. The molecule has 0 saturated heterocycles. The lowest BCUT2D eigenvalue weighted by atomic mass is 9.98. The van der Waals surface area contributed by atoms with Crippen molar-refractivity contribution in [3.8, 4) is 0 Å². The van der Waals surface area contributed by atoms with E-state index >= 15 is 0 Å². The maximum Gasteiger partial charge on any atom is 0.466 e. The maximum absolute atomic E-state index is 10.7. The molecule has 2 heterocycles. The Bertz CT molecular complexity index is 806. The van der Waals surface area contributed by atoms with Gasteiger partial charge in [0.1, 0.15) is 0 Å². The Morgan fingerprint density at radius 2 is 2.08 bits per heavy atom. The van der Waals surface area contributed by atoms with Gasteiger partial charge in [0, 0.05) is 18.5 Å². The van der Waals surface area contributed by atoms with E-state index in [1.165, 1.54) is 16.5 Å². The van der Waals surface area contributed by atoms with Crippen LogP contribution in [0.4, 0.5) is 5.69 Å². The first-order valence-corrected chi connectivity index (χ1v) is 10.2. The maximum atomic E-state index is 10.7. The summed E-state index contributed by atoms with van der Waals surface area (Å²) in [6.07, 6.45) is 4.19. The molecule has 1 aliphatic rings. The molecule has 1 aromatic carbocycles. The second-order valence-corrected chi connectivity index (χ2v) is 7.39. The molecule has 4 N–H and O–H groups in total. The third kappa shape index (κ3) is 5.74. The van der Waals surface area contributed by atoms with E-state index in [0.717, 1.165) is 42.9 Å². The predicted octanol–water partition coefficient (Wildman–Crippen LogP) is 2.65. The highest BCUT2D eigenvalue weighted by molar-refractivity contribution is 7.45. The molecule has 7 nitrogen and oxygen atoms in total. The summed E-state index contributed by atoms with van der Waals surface area (Å²) in [5, 5.41) is 6.25. The van der Waals surface area contributed by atoms with Gasteiger partial charge in [0.25, 0.3) is 0 Å². The van der Waals surface area contributed by atoms with Gasteiger partial charge in [0.15, 0.2) is 0 Å². The van der Waals surface area contributed by atoms with Crippen LogP contribution in [0.2, 0.25) is 0 Å². The second kappa shape index (κ2) is 8.71. The second-order valence-electron chi connectivity index (χ2n) is 5.48. The summed E-state index contributed by atoms with van der Waals surface area (Å²) in [6, 6.07) is 6.10. The molecule has 0 aliphatic carbocycles. The minimum absolute atomic E-state index is 0.743. The number of likely N-dealkylation sites (N-methyl/N-ethyl adjacent to an activating group) is 1. The van der Waals surface area contributed by atoms with Gasteiger partial charge in [0.05, 0.1) is 10.4 Å². The van der Waals surface area contributed by atoms with Crippen LogP contribution in [0.15, 0.2) is 29.7 Å². The van der Waals surface area contributed by atoms with E-state index in [-0.39, 0.29) is 0 Å². The van der Waals surface area contributed by atoms with E-state index in [9.17, 15) is 4.79 Å². The Balaban J connectivity index is 0.000000399. The number of amides is 1. The molecular weight excluding hydrogens is 363 g/mol. The highest BCUT2D eigenvalue weighted by Gasteiger charge is 2.15. The van der Waals surface area contributed by atoms with Gasteiger partial charge in [-0.25, -0.2) is 4.57 Å². The number of phosphoric acid groups is 1. The number of benzene rings is 1. The Kier molecular flexibility index (Phi) is 6.89. The average Bonchev–Trinajstić information content (AvgIpc) is 2.99. The number of rotatable bonds is 4. The Hall–Kier alpha value is -1.54. The van der Waals surface area contributed by atoms with Crippen molar-refractivity contribution in [1.82, 2.24) is 4.90 Å². The Labute approximate surface area is 149 Å². The van der Waals surface area contributed by atoms with Crippen LogP contribution in [0.5, 0.6) is 0 Å². The highest BCUT2D eigenvalue weighted by atomic mass is 32.1. The van der Waals surface area contributed by atoms with Gasteiger partial charge < -0.3 is 20.0 Å². The SMILES string of the molecule is CCN1CC=C(c2csc3c(NC=O)cccc23)CC1.O=P(O)(O)O. The van der Waals surface area contributed by atoms with Crippen molar-refractivity contribution in [2.24, 2.45) is 0 Å². The van der Waals surface area contributed by atoms with Crippen LogP contribution in [-0.4, -0.2) is 45.6 Å². The monoisotopic (exact) mass is 384 g/mol. The summed E-state index contributed by atoms with van der Waals surface area (Å²) in [5.41, 5.74) is 3.67. The number of carbonyl (C=O) groups is 1. The molecule has 0 atom stereocenters. The molecule has 0 spiro atoms. The molecule has 0 bridgehead atoms. The molecule has 9 heteroatoms. The van der Waals surface area contributed by atoms with Gasteiger partial charge in [-0.15, -0.1) is 11.3 Å². The number of hydrogen-bond acceptors (Lipinski definition) is 4. The van der Waals surface area contributed by atoms with E-state index in [0.29, 0.717) is 0 Å². The van der Waals surface area contributed by atoms with Crippen molar-refractivity contribution in [1.29, 1.82) is 0 Å². The molecule has 25 heavy (non-hydrogen) atoms. The van der Waals surface area contributed by atoms with Gasteiger partial charge in [-0.2, -0.15) is 0 Å². The van der Waals surface area contributed by atoms with Crippen molar-refractivity contribution < 1.29 is 24.0 Å². The molecule has 2 aromatic rings. The lowest BCUT2D eigenvalue weighted by molar-refractivity contribution is -0.105. The van der Waals surface area contributed by atoms with Crippen LogP contribution in [-0.2, 0) is 9.36 Å². The van der Waals surface area contributed by atoms with Crippen LogP contribution >= 0.6 is 19.2 Å². The van der Waals surface area contributed by atoms with Gasteiger partial charge in [-0.05, 0) is 35.5 Å². The van der Waals surface area contributed by atoms with Gasteiger partial charge >= 0.3 is 7.82 Å². The van der Waals surface area contributed by atoms with Crippen LogP contribution in [0.3, 0.4) is 0 Å². The lowest BCUT2D eigenvalue weighted by Gasteiger charge is -2.24. The van der Waals surface area contributed by atoms with Crippen molar-refractivity contribution in [2.75, 3.05) is 25.0 Å². The summed E-state index contributed by atoms with van der Waals surface area (Å²) >= 11 is 1.70. The number of nitrogens with one attached hydrogen (secondary N) is 1. The number of hydrogen-bond donors (Lipinski definition) is 4. The molecule has 0 unspecified atom stereocenters. The van der Waals surface area contributed by atoms with Crippen LogP contribution in [0.25, 0.3) is 15.7 Å². The van der Waals surface area contributed by atoms with Crippen LogP contribution in [0, 0.1) is 0 Å². The zero-order valence-electron chi connectivity index (χ0n) is 13.8. The molecule has 1 amide bonds. The number of anilines is 1. The van der Waals surface area contributed by atoms with Gasteiger partial charge in [-0.3, -0.25) is 9.69 Å². The summed E-state index contributed by atoms with van der Waals surface area (Å²) < 4.78 is 10.0. The van der Waals surface area contributed by atoms with Crippen LogP contribution < -0.4 is 5.32 Å². The summed E-state index contributed by atoms with van der Waals surface area (Å²) in [7, 11) is -4.64. The van der Waals surface area contributed by atoms with Crippen molar-refractivity contribution >= 4 is 46.9 Å². The standard InChI is InChI=1S/C16H18N2OS.H3O4P/c1-2-18-8-6-12(7-9-18)14-10-20-16-13(14)4-3-5-15(16)17-11-19;1-5(2,3)4/h3-6,10-11H,2,7-9H2,1H3,(H,17,19);(H3,1,2,3,4). The number of thiophene rings is 1. The van der Waals surface area contributed by atoms with E-state index in [4.69, 9.17) is 19.2 Å². The number of fused-ring (bicyclic) bond motifs is 1. The highest BCUT2D eigenvalue weighted by Crippen LogP contribution is 2.37. The van der Waals surface area contributed by atoms with E-state index in [1.807, 2.05) is 12.1 Å². The minimum Gasteiger partial charge on any atom is -0.327 e. The molecule has 0 fully saturated rings. The van der Waals surface area contributed by atoms with Gasteiger partial charge in [-0.1, -0.05) is 25.1 Å². The average molecular weight is 384 g/mol. The van der Waals surface area contributed by atoms with Crippen LogP contribution in [0.1, 0.15) is 18.9 Å². The van der Waals surface area contributed by atoms with Crippen molar-refractivity contribution in [2.45, 2.75) is 13.3 Å². The van der Waals surface area contributed by atoms with E-state index < -0.39 is 7.82 Å². The summed E-state index contributed by atoms with van der Waals surface area (Å²) in [6.45, 7) is 5.49. The molecule has 0 radical (unpaired) electrons. The third-order valence-corrected chi connectivity index (χ3v) is 4.93. The first kappa shape index (κ1) is 19.8. The summed E-state index contributed by atoms with van der Waals surface area (Å²) in [4.78, 5) is 34.7. The quantitative estimate of drug-likeness (QED) is 0.477. The predicted molar refractivity (Wildman–Crippen MR) is 100 cm³/mol. The largest absolute Gasteiger partial charge is 0.466 e. The normalized spacial score (nSPS) is 15.3. The zero-order valence-corrected chi connectivity index (χ0v) is 15.5. The first-order chi connectivity index (χ1) is 11.8. The van der Waals surface area contributed by atoms with E-state index in [1.54, 1.807) is 11.3 Å². The Morgan fingerprint density at radius 3 is 2.64 bits per heavy atom. The molecule has 1 aromatic heterocycles. The molecule has 3 rings (SSSR count). The fourth-order valence-electron chi connectivity index (χ4n) is 2.73. The molecule has 0 saturated carbocycles. The van der Waals surface area contributed by atoms with Gasteiger partial charge in [0.2, 0.25) is 6.41 Å².